The van der Waals surface area contributed by atoms with Crippen LogP contribution in [-0.4, -0.2) is 25.2 Å². The molecule has 0 bridgehead atoms. The number of unbranched alkanes of at least 4 members (excludes halogenated alkanes) is 5. The summed E-state index contributed by atoms with van der Waals surface area (Å²) in [5, 5.41) is 0. The lowest BCUT2D eigenvalue weighted by Crippen LogP contribution is -2.06. The second-order valence-corrected chi connectivity index (χ2v) is 7.60. The fourth-order valence-electron chi connectivity index (χ4n) is 2.97. The van der Waals surface area contributed by atoms with Gasteiger partial charge in [-0.2, -0.15) is 0 Å². The number of esters is 2. The summed E-state index contributed by atoms with van der Waals surface area (Å²) in [6.45, 7) is 5.41. The molecule has 0 atom stereocenters. The number of hydrogen-bond acceptors (Lipinski definition) is 5. The Bertz CT molecular complexity index is 837. The highest BCUT2D eigenvalue weighted by atomic mass is 16.5. The minimum atomic E-state index is -0.474. The highest BCUT2D eigenvalue weighted by Gasteiger charge is 2.06. The van der Waals surface area contributed by atoms with E-state index in [9.17, 15) is 9.59 Å². The quantitative estimate of drug-likeness (QED) is 0.144. The predicted molar refractivity (Wildman–Crippen MR) is 127 cm³/mol. The van der Waals surface area contributed by atoms with E-state index in [0.717, 1.165) is 37.0 Å². The van der Waals surface area contributed by atoms with Gasteiger partial charge in [0.25, 0.3) is 0 Å². The Balaban J connectivity index is 1.76. The Morgan fingerprint density at radius 2 is 1.38 bits per heavy atom. The molecule has 0 aliphatic rings. The maximum Gasteiger partial charge on any atom is 0.338 e. The number of benzene rings is 2. The number of carbonyl (C=O) groups excluding carboxylic acids is 2. The maximum atomic E-state index is 12.1. The summed E-state index contributed by atoms with van der Waals surface area (Å²) in [4.78, 5) is 24.1. The van der Waals surface area contributed by atoms with Gasteiger partial charge in [-0.05, 0) is 60.9 Å². The first-order valence-corrected chi connectivity index (χ1v) is 11.5. The Morgan fingerprint density at radius 1 is 0.750 bits per heavy atom. The van der Waals surface area contributed by atoms with Gasteiger partial charge < -0.3 is 14.2 Å². The van der Waals surface area contributed by atoms with Crippen molar-refractivity contribution in [2.24, 2.45) is 0 Å². The molecule has 0 spiro atoms. The van der Waals surface area contributed by atoms with E-state index in [-0.39, 0.29) is 5.97 Å². The third-order valence-electron chi connectivity index (χ3n) is 4.85. The first-order chi connectivity index (χ1) is 15.6. The normalized spacial score (nSPS) is 10.8. The molecule has 0 radical (unpaired) electrons. The Hall–Kier alpha value is -3.08. The molecule has 5 nitrogen and oxygen atoms in total. The van der Waals surface area contributed by atoms with Crippen molar-refractivity contribution >= 4 is 18.0 Å². The molecule has 172 valence electrons. The van der Waals surface area contributed by atoms with E-state index >= 15 is 0 Å². The molecule has 2 aromatic rings. The molecule has 0 aliphatic heterocycles. The first kappa shape index (κ1) is 25.2. The predicted octanol–water partition coefficient (Wildman–Crippen LogP) is 6.61. The number of rotatable bonds is 14. The van der Waals surface area contributed by atoms with Gasteiger partial charge in [0.2, 0.25) is 0 Å². The summed E-state index contributed by atoms with van der Waals surface area (Å²) >= 11 is 0. The molecule has 0 saturated heterocycles. The van der Waals surface area contributed by atoms with Crippen molar-refractivity contribution in [1.82, 2.24) is 0 Å². The number of ether oxygens (including phenoxy) is 3. The summed E-state index contributed by atoms with van der Waals surface area (Å²) in [6.07, 6.45) is 10.6. The molecule has 0 saturated carbocycles. The fraction of sp³-hybridized carbons (Fsp3) is 0.407. The summed E-state index contributed by atoms with van der Waals surface area (Å²) in [7, 11) is 0. The van der Waals surface area contributed by atoms with Gasteiger partial charge in [-0.1, -0.05) is 58.1 Å². The monoisotopic (exact) mass is 438 g/mol. The van der Waals surface area contributed by atoms with Crippen LogP contribution < -0.4 is 9.47 Å². The first-order valence-electron chi connectivity index (χ1n) is 11.5. The Labute approximate surface area is 191 Å². The molecule has 32 heavy (non-hydrogen) atoms. The van der Waals surface area contributed by atoms with Crippen LogP contribution in [0, 0.1) is 0 Å². The average molecular weight is 439 g/mol. The standard InChI is InChI=1S/C27H34O5/c1-3-5-7-9-20-30-24-15-17-25(18-16-24)32-26(28)19-12-22-10-13-23(14-11-22)27(29)31-21-8-6-4-2/h10-19H,3-9,20-21H2,1-2H3/b19-12+. The second-order valence-electron chi connectivity index (χ2n) is 7.60. The minimum absolute atomic E-state index is 0.329. The van der Waals surface area contributed by atoms with Crippen molar-refractivity contribution in [2.45, 2.75) is 58.8 Å². The highest BCUT2D eigenvalue weighted by Crippen LogP contribution is 2.18. The third-order valence-corrected chi connectivity index (χ3v) is 4.85. The van der Waals surface area contributed by atoms with Gasteiger partial charge in [0.05, 0.1) is 18.8 Å². The van der Waals surface area contributed by atoms with Crippen LogP contribution in [0.3, 0.4) is 0 Å². The highest BCUT2D eigenvalue weighted by molar-refractivity contribution is 5.91. The molecule has 0 aliphatic carbocycles. The van der Waals surface area contributed by atoms with E-state index < -0.39 is 5.97 Å². The molecule has 0 N–H and O–H groups in total. The van der Waals surface area contributed by atoms with Crippen LogP contribution in [0.5, 0.6) is 11.5 Å². The lowest BCUT2D eigenvalue weighted by Gasteiger charge is -2.07. The largest absolute Gasteiger partial charge is 0.494 e. The van der Waals surface area contributed by atoms with Crippen molar-refractivity contribution in [3.63, 3.8) is 0 Å². The van der Waals surface area contributed by atoms with Crippen LogP contribution in [0.4, 0.5) is 0 Å². The van der Waals surface area contributed by atoms with Gasteiger partial charge in [-0.3, -0.25) is 0 Å². The molecular weight excluding hydrogens is 404 g/mol. The Kier molecular flexibility index (Phi) is 11.7. The van der Waals surface area contributed by atoms with Crippen molar-refractivity contribution in [3.05, 3.63) is 65.7 Å². The summed E-state index contributed by atoms with van der Waals surface area (Å²) in [5.74, 6) is 0.419. The molecule has 0 amide bonds. The van der Waals surface area contributed by atoms with Gasteiger partial charge in [-0.25, -0.2) is 9.59 Å². The fourth-order valence-corrected chi connectivity index (χ4v) is 2.97. The zero-order chi connectivity index (χ0) is 23.0. The summed E-state index contributed by atoms with van der Waals surface area (Å²) in [5.41, 5.74) is 1.28. The number of carbonyl (C=O) groups is 2. The Morgan fingerprint density at radius 3 is 2.06 bits per heavy atom. The second kappa shape index (κ2) is 14.8. The number of hydrogen-bond donors (Lipinski definition) is 0. The van der Waals surface area contributed by atoms with Crippen molar-refractivity contribution in [1.29, 1.82) is 0 Å². The summed E-state index contributed by atoms with van der Waals surface area (Å²) < 4.78 is 16.2. The molecule has 0 unspecified atom stereocenters. The van der Waals surface area contributed by atoms with E-state index in [4.69, 9.17) is 14.2 Å². The smallest absolute Gasteiger partial charge is 0.338 e. The molecule has 0 heterocycles. The van der Waals surface area contributed by atoms with Crippen LogP contribution >= 0.6 is 0 Å². The van der Waals surface area contributed by atoms with Crippen molar-refractivity contribution in [2.75, 3.05) is 13.2 Å². The molecule has 5 heteroatoms. The third kappa shape index (κ3) is 9.82. The van der Waals surface area contributed by atoms with Gasteiger partial charge in [-0.15, -0.1) is 0 Å². The average Bonchev–Trinajstić information content (AvgIpc) is 2.81. The van der Waals surface area contributed by atoms with Crippen LogP contribution in [0.25, 0.3) is 6.08 Å². The zero-order valence-corrected chi connectivity index (χ0v) is 19.2. The molecule has 0 fully saturated rings. The van der Waals surface area contributed by atoms with Crippen LogP contribution in [0.2, 0.25) is 0 Å². The van der Waals surface area contributed by atoms with Gasteiger partial charge >= 0.3 is 11.9 Å². The lowest BCUT2D eigenvalue weighted by molar-refractivity contribution is -0.128. The van der Waals surface area contributed by atoms with Crippen LogP contribution in [0.15, 0.2) is 54.6 Å². The van der Waals surface area contributed by atoms with Gasteiger partial charge in [0.1, 0.15) is 11.5 Å². The van der Waals surface area contributed by atoms with Crippen molar-refractivity contribution in [3.8, 4) is 11.5 Å². The van der Waals surface area contributed by atoms with E-state index in [2.05, 4.69) is 13.8 Å². The maximum absolute atomic E-state index is 12.1. The zero-order valence-electron chi connectivity index (χ0n) is 19.2. The summed E-state index contributed by atoms with van der Waals surface area (Å²) in [6, 6.07) is 13.9. The lowest BCUT2D eigenvalue weighted by atomic mass is 10.1. The van der Waals surface area contributed by atoms with E-state index in [1.54, 1.807) is 54.6 Å². The molecule has 2 rings (SSSR count). The molecule has 2 aromatic carbocycles. The molecular formula is C27H34O5. The SMILES string of the molecule is CCCCCCOc1ccc(OC(=O)/C=C/c2ccc(C(=O)OCCCCC)cc2)cc1. The van der Waals surface area contributed by atoms with Crippen LogP contribution in [0.1, 0.15) is 74.7 Å². The van der Waals surface area contributed by atoms with Crippen molar-refractivity contribution < 1.29 is 23.8 Å². The van der Waals surface area contributed by atoms with E-state index in [1.807, 2.05) is 0 Å². The topological polar surface area (TPSA) is 61.8 Å². The minimum Gasteiger partial charge on any atom is -0.494 e. The van der Waals surface area contributed by atoms with E-state index in [0.29, 0.717) is 24.5 Å². The van der Waals surface area contributed by atoms with Crippen LogP contribution in [-0.2, 0) is 9.53 Å². The molecule has 0 aromatic heterocycles. The van der Waals surface area contributed by atoms with Gasteiger partial charge in [0, 0.05) is 6.08 Å². The van der Waals surface area contributed by atoms with Gasteiger partial charge in [0.15, 0.2) is 0 Å². The van der Waals surface area contributed by atoms with E-state index in [1.165, 1.54) is 25.3 Å².